The van der Waals surface area contributed by atoms with Crippen molar-refractivity contribution < 1.29 is 22.7 Å². The first-order valence-corrected chi connectivity index (χ1v) is 11.6. The molecule has 2 aromatic carbocycles. The summed E-state index contributed by atoms with van der Waals surface area (Å²) >= 11 is 0. The van der Waals surface area contributed by atoms with Crippen LogP contribution in [0.3, 0.4) is 0 Å². The molecule has 2 aromatic rings. The SMILES string of the molecule is C[C@@H](NC(=O)C1CCN(S(=O)(=O)c2ccc3c(c2)OCCO3)CC1)c1ccccc1. The third kappa shape index (κ3) is 4.29. The van der Waals surface area contributed by atoms with Crippen LogP contribution >= 0.6 is 0 Å². The molecule has 4 rings (SSSR count). The lowest BCUT2D eigenvalue weighted by molar-refractivity contribution is -0.126. The average molecular weight is 431 g/mol. The van der Waals surface area contributed by atoms with Gasteiger partial charge in [0.1, 0.15) is 13.2 Å². The summed E-state index contributed by atoms with van der Waals surface area (Å²) < 4.78 is 38.5. The van der Waals surface area contributed by atoms with Crippen LogP contribution < -0.4 is 14.8 Å². The fourth-order valence-electron chi connectivity index (χ4n) is 3.85. The van der Waals surface area contributed by atoms with Gasteiger partial charge in [0.2, 0.25) is 15.9 Å². The van der Waals surface area contributed by atoms with Gasteiger partial charge in [-0.25, -0.2) is 8.42 Å². The van der Waals surface area contributed by atoms with Gasteiger partial charge in [0, 0.05) is 25.1 Å². The number of piperidine rings is 1. The number of sulfonamides is 1. The van der Waals surface area contributed by atoms with Crippen molar-refractivity contribution >= 4 is 15.9 Å². The summed E-state index contributed by atoms with van der Waals surface area (Å²) in [6.45, 7) is 3.44. The van der Waals surface area contributed by atoms with Crippen LogP contribution in [-0.2, 0) is 14.8 Å². The molecule has 1 atom stereocenters. The Morgan fingerprint density at radius 2 is 1.70 bits per heavy atom. The zero-order chi connectivity index (χ0) is 21.1. The van der Waals surface area contributed by atoms with E-state index in [1.165, 1.54) is 10.4 Å². The number of hydrogen-bond acceptors (Lipinski definition) is 5. The molecule has 0 unspecified atom stereocenters. The van der Waals surface area contributed by atoms with E-state index < -0.39 is 10.0 Å². The highest BCUT2D eigenvalue weighted by Crippen LogP contribution is 2.34. The fraction of sp³-hybridized carbons (Fsp3) is 0.409. The molecule has 0 bridgehead atoms. The summed E-state index contributed by atoms with van der Waals surface area (Å²) in [6, 6.07) is 14.4. The summed E-state index contributed by atoms with van der Waals surface area (Å²) in [4.78, 5) is 12.8. The maximum Gasteiger partial charge on any atom is 0.243 e. The van der Waals surface area contributed by atoms with E-state index in [1.54, 1.807) is 12.1 Å². The van der Waals surface area contributed by atoms with Crippen molar-refractivity contribution in [1.29, 1.82) is 0 Å². The average Bonchev–Trinajstić information content (AvgIpc) is 2.79. The largest absolute Gasteiger partial charge is 0.486 e. The summed E-state index contributed by atoms with van der Waals surface area (Å²) in [5, 5.41) is 3.05. The molecule has 1 amide bonds. The molecule has 0 aliphatic carbocycles. The molecule has 0 saturated carbocycles. The highest BCUT2D eigenvalue weighted by Gasteiger charge is 2.33. The predicted molar refractivity (Wildman–Crippen MR) is 112 cm³/mol. The molecule has 8 heteroatoms. The molecular weight excluding hydrogens is 404 g/mol. The Morgan fingerprint density at radius 1 is 1.03 bits per heavy atom. The zero-order valence-corrected chi connectivity index (χ0v) is 17.7. The Morgan fingerprint density at radius 3 is 2.40 bits per heavy atom. The first kappa shape index (κ1) is 20.7. The number of ether oxygens (including phenoxy) is 2. The van der Waals surface area contributed by atoms with Gasteiger partial charge in [-0.1, -0.05) is 30.3 Å². The second-order valence-electron chi connectivity index (χ2n) is 7.62. The molecule has 2 aliphatic rings. The van der Waals surface area contributed by atoms with Gasteiger partial charge in [0.25, 0.3) is 0 Å². The molecule has 0 spiro atoms. The minimum absolute atomic E-state index is 0.0252. The second-order valence-corrected chi connectivity index (χ2v) is 9.56. The van der Waals surface area contributed by atoms with Crippen LogP contribution in [0.5, 0.6) is 11.5 Å². The summed E-state index contributed by atoms with van der Waals surface area (Å²) in [5.74, 6) is 0.792. The molecule has 1 N–H and O–H groups in total. The Labute approximate surface area is 177 Å². The van der Waals surface area contributed by atoms with E-state index in [-0.39, 0.29) is 22.8 Å². The number of benzene rings is 2. The normalized spacial score (nSPS) is 18.6. The van der Waals surface area contributed by atoms with Crippen molar-refractivity contribution in [2.24, 2.45) is 5.92 Å². The van der Waals surface area contributed by atoms with Gasteiger partial charge in [-0.2, -0.15) is 4.31 Å². The molecule has 2 aliphatic heterocycles. The van der Waals surface area contributed by atoms with Gasteiger partial charge >= 0.3 is 0 Å². The zero-order valence-electron chi connectivity index (χ0n) is 16.9. The number of nitrogens with one attached hydrogen (secondary N) is 1. The molecule has 160 valence electrons. The fourth-order valence-corrected chi connectivity index (χ4v) is 5.33. The van der Waals surface area contributed by atoms with Crippen molar-refractivity contribution in [3.63, 3.8) is 0 Å². The summed E-state index contributed by atoms with van der Waals surface area (Å²) in [7, 11) is -3.64. The van der Waals surface area contributed by atoms with E-state index in [0.717, 1.165) is 5.56 Å². The van der Waals surface area contributed by atoms with Crippen molar-refractivity contribution in [2.45, 2.75) is 30.7 Å². The third-order valence-electron chi connectivity index (χ3n) is 5.63. The Kier molecular flexibility index (Phi) is 5.97. The lowest BCUT2D eigenvalue weighted by Crippen LogP contribution is -2.43. The first-order chi connectivity index (χ1) is 14.4. The quantitative estimate of drug-likeness (QED) is 0.789. The van der Waals surface area contributed by atoms with Crippen LogP contribution in [0.4, 0.5) is 0 Å². The number of amides is 1. The van der Waals surface area contributed by atoms with Crippen molar-refractivity contribution in [2.75, 3.05) is 26.3 Å². The highest BCUT2D eigenvalue weighted by atomic mass is 32.2. The Balaban J connectivity index is 1.37. The smallest absolute Gasteiger partial charge is 0.243 e. The molecule has 1 fully saturated rings. The number of carbonyl (C=O) groups excluding carboxylic acids is 1. The minimum atomic E-state index is -3.64. The van der Waals surface area contributed by atoms with Crippen LogP contribution in [0.15, 0.2) is 53.4 Å². The molecule has 2 heterocycles. The van der Waals surface area contributed by atoms with Crippen molar-refractivity contribution in [3.8, 4) is 11.5 Å². The van der Waals surface area contributed by atoms with Crippen LogP contribution in [0, 0.1) is 5.92 Å². The van der Waals surface area contributed by atoms with Gasteiger partial charge in [0.15, 0.2) is 11.5 Å². The first-order valence-electron chi connectivity index (χ1n) is 10.2. The van der Waals surface area contributed by atoms with Gasteiger partial charge in [0.05, 0.1) is 10.9 Å². The van der Waals surface area contributed by atoms with Gasteiger partial charge < -0.3 is 14.8 Å². The standard InChI is InChI=1S/C22H26N2O5S/c1-16(17-5-3-2-4-6-17)23-22(25)18-9-11-24(12-10-18)30(26,27)19-7-8-20-21(15-19)29-14-13-28-20/h2-8,15-16,18H,9-14H2,1H3,(H,23,25)/t16-/m1/s1. The molecular formula is C22H26N2O5S. The van der Waals surface area contributed by atoms with E-state index in [2.05, 4.69) is 5.32 Å². The van der Waals surface area contributed by atoms with Crippen LogP contribution in [0.2, 0.25) is 0 Å². The van der Waals surface area contributed by atoms with E-state index in [0.29, 0.717) is 50.6 Å². The molecule has 0 aromatic heterocycles. The number of carbonyl (C=O) groups is 1. The Hall–Kier alpha value is -2.58. The van der Waals surface area contributed by atoms with Crippen molar-refractivity contribution in [3.05, 3.63) is 54.1 Å². The molecule has 7 nitrogen and oxygen atoms in total. The maximum absolute atomic E-state index is 13.0. The van der Waals surface area contributed by atoms with E-state index in [1.807, 2.05) is 37.3 Å². The summed E-state index contributed by atoms with van der Waals surface area (Å²) in [6.07, 6.45) is 0.994. The minimum Gasteiger partial charge on any atom is -0.486 e. The highest BCUT2D eigenvalue weighted by molar-refractivity contribution is 7.89. The number of hydrogen-bond donors (Lipinski definition) is 1. The number of nitrogens with zero attached hydrogens (tertiary/aromatic N) is 1. The van der Waals surface area contributed by atoms with E-state index in [9.17, 15) is 13.2 Å². The molecule has 0 radical (unpaired) electrons. The van der Waals surface area contributed by atoms with Crippen LogP contribution in [0.1, 0.15) is 31.4 Å². The third-order valence-corrected chi connectivity index (χ3v) is 7.53. The molecule has 1 saturated heterocycles. The number of fused-ring (bicyclic) bond motifs is 1. The van der Waals surface area contributed by atoms with Gasteiger partial charge in [-0.05, 0) is 37.5 Å². The number of rotatable bonds is 5. The van der Waals surface area contributed by atoms with Crippen molar-refractivity contribution in [1.82, 2.24) is 9.62 Å². The van der Waals surface area contributed by atoms with E-state index >= 15 is 0 Å². The Bertz CT molecular complexity index is 1000. The van der Waals surface area contributed by atoms with Gasteiger partial charge in [-0.3, -0.25) is 4.79 Å². The van der Waals surface area contributed by atoms with Crippen LogP contribution in [-0.4, -0.2) is 44.9 Å². The topological polar surface area (TPSA) is 84.9 Å². The summed E-state index contributed by atoms with van der Waals surface area (Å²) in [5.41, 5.74) is 1.05. The lowest BCUT2D eigenvalue weighted by Gasteiger charge is -2.31. The monoisotopic (exact) mass is 430 g/mol. The molecule has 30 heavy (non-hydrogen) atoms. The van der Waals surface area contributed by atoms with E-state index in [4.69, 9.17) is 9.47 Å². The van der Waals surface area contributed by atoms with Crippen LogP contribution in [0.25, 0.3) is 0 Å². The predicted octanol–water partition coefficient (Wildman–Crippen LogP) is 2.74. The lowest BCUT2D eigenvalue weighted by atomic mass is 9.96. The second kappa shape index (κ2) is 8.65. The maximum atomic E-state index is 13.0. The van der Waals surface area contributed by atoms with Gasteiger partial charge in [-0.15, -0.1) is 0 Å².